The van der Waals surface area contributed by atoms with Gasteiger partial charge in [-0.25, -0.2) is 4.79 Å². The van der Waals surface area contributed by atoms with Gasteiger partial charge in [0.05, 0.1) is 11.9 Å². The van der Waals surface area contributed by atoms with Crippen molar-refractivity contribution < 1.29 is 4.79 Å². The Labute approximate surface area is 140 Å². The van der Waals surface area contributed by atoms with Crippen molar-refractivity contribution in [1.82, 2.24) is 20.0 Å². The van der Waals surface area contributed by atoms with E-state index in [0.717, 1.165) is 31.7 Å². The van der Waals surface area contributed by atoms with Crippen molar-refractivity contribution >= 4 is 23.1 Å². The SMILES string of the molecule is CCn1cc(NC(=O)NCC(C)N2CCc3sccc3C2)cn1. The van der Waals surface area contributed by atoms with Gasteiger partial charge in [-0.15, -0.1) is 11.3 Å². The number of carbonyl (C=O) groups is 1. The summed E-state index contributed by atoms with van der Waals surface area (Å²) in [7, 11) is 0. The summed E-state index contributed by atoms with van der Waals surface area (Å²) in [6.45, 7) is 7.63. The standard InChI is InChI=1S/C16H23N5OS/c1-3-21-11-14(9-18-21)19-16(22)17-8-12(2)20-6-4-15-13(10-20)5-7-23-15/h5,7,9,11-12H,3-4,6,8,10H2,1-2H3,(H2,17,19,22). The predicted octanol–water partition coefficient (Wildman–Crippen LogP) is 2.53. The minimum absolute atomic E-state index is 0.180. The van der Waals surface area contributed by atoms with Gasteiger partial charge in [-0.2, -0.15) is 5.10 Å². The molecule has 3 rings (SSSR count). The number of urea groups is 1. The monoisotopic (exact) mass is 333 g/mol. The first-order valence-corrected chi connectivity index (χ1v) is 8.90. The number of hydrogen-bond acceptors (Lipinski definition) is 4. The van der Waals surface area contributed by atoms with Gasteiger partial charge in [0.25, 0.3) is 0 Å². The number of nitrogens with zero attached hydrogens (tertiary/aromatic N) is 3. The second-order valence-corrected chi connectivity index (χ2v) is 6.86. The second-order valence-electron chi connectivity index (χ2n) is 5.86. The van der Waals surface area contributed by atoms with Crippen LogP contribution in [0.1, 0.15) is 24.3 Å². The van der Waals surface area contributed by atoms with Crippen LogP contribution in [-0.2, 0) is 19.5 Å². The minimum atomic E-state index is -0.180. The Morgan fingerprint density at radius 1 is 1.52 bits per heavy atom. The lowest BCUT2D eigenvalue weighted by Crippen LogP contribution is -2.45. The van der Waals surface area contributed by atoms with Crippen molar-refractivity contribution in [2.24, 2.45) is 0 Å². The van der Waals surface area contributed by atoms with Gasteiger partial charge in [0, 0.05) is 43.3 Å². The fourth-order valence-corrected chi connectivity index (χ4v) is 3.68. The maximum Gasteiger partial charge on any atom is 0.319 e. The first kappa shape index (κ1) is 16.0. The Bertz CT molecular complexity index is 665. The molecule has 0 bridgehead atoms. The van der Waals surface area contributed by atoms with E-state index in [9.17, 15) is 4.79 Å². The number of amides is 2. The zero-order chi connectivity index (χ0) is 16.2. The van der Waals surface area contributed by atoms with Gasteiger partial charge in [-0.3, -0.25) is 9.58 Å². The van der Waals surface area contributed by atoms with Gasteiger partial charge < -0.3 is 10.6 Å². The zero-order valence-corrected chi connectivity index (χ0v) is 14.4. The second kappa shape index (κ2) is 7.14. The maximum atomic E-state index is 12.0. The largest absolute Gasteiger partial charge is 0.336 e. The van der Waals surface area contributed by atoms with Gasteiger partial charge in [-0.05, 0) is 37.3 Å². The Morgan fingerprint density at radius 3 is 3.17 bits per heavy atom. The van der Waals surface area contributed by atoms with E-state index in [-0.39, 0.29) is 6.03 Å². The van der Waals surface area contributed by atoms with Crippen molar-refractivity contribution in [2.75, 3.05) is 18.4 Å². The first-order chi connectivity index (χ1) is 11.2. The van der Waals surface area contributed by atoms with Gasteiger partial charge in [0.1, 0.15) is 0 Å². The highest BCUT2D eigenvalue weighted by molar-refractivity contribution is 7.10. The average molecular weight is 333 g/mol. The molecule has 0 aromatic carbocycles. The molecule has 124 valence electrons. The third-order valence-electron chi connectivity index (χ3n) is 4.23. The maximum absolute atomic E-state index is 12.0. The predicted molar refractivity (Wildman–Crippen MR) is 92.8 cm³/mol. The van der Waals surface area contributed by atoms with Crippen LogP contribution in [-0.4, -0.2) is 39.8 Å². The van der Waals surface area contributed by atoms with Crippen LogP contribution in [0.4, 0.5) is 10.5 Å². The quantitative estimate of drug-likeness (QED) is 0.884. The summed E-state index contributed by atoms with van der Waals surface area (Å²) < 4.78 is 1.78. The van der Waals surface area contributed by atoms with Gasteiger partial charge >= 0.3 is 6.03 Å². The number of nitrogens with one attached hydrogen (secondary N) is 2. The number of hydrogen-bond donors (Lipinski definition) is 2. The fourth-order valence-electron chi connectivity index (χ4n) is 2.79. The number of rotatable bonds is 5. The molecule has 2 aromatic rings. The number of aromatic nitrogens is 2. The van der Waals surface area contributed by atoms with Crippen LogP contribution in [0.15, 0.2) is 23.8 Å². The molecule has 0 fully saturated rings. The van der Waals surface area contributed by atoms with Crippen LogP contribution in [0.3, 0.4) is 0 Å². The highest BCUT2D eigenvalue weighted by Gasteiger charge is 2.21. The molecule has 2 N–H and O–H groups in total. The number of thiophene rings is 1. The minimum Gasteiger partial charge on any atom is -0.336 e. The highest BCUT2D eigenvalue weighted by atomic mass is 32.1. The van der Waals surface area contributed by atoms with Crippen molar-refractivity contribution in [1.29, 1.82) is 0 Å². The summed E-state index contributed by atoms with van der Waals surface area (Å²) in [5, 5.41) is 12.1. The van der Waals surface area contributed by atoms with E-state index >= 15 is 0 Å². The lowest BCUT2D eigenvalue weighted by Gasteiger charge is -2.32. The molecule has 2 aromatic heterocycles. The van der Waals surface area contributed by atoms with E-state index in [0.29, 0.717) is 12.6 Å². The summed E-state index contributed by atoms with van der Waals surface area (Å²) in [5.74, 6) is 0. The lowest BCUT2D eigenvalue weighted by atomic mass is 10.1. The van der Waals surface area contributed by atoms with E-state index in [1.54, 1.807) is 10.9 Å². The molecule has 3 heterocycles. The Balaban J connectivity index is 1.45. The molecule has 0 saturated heterocycles. The summed E-state index contributed by atoms with van der Waals surface area (Å²) in [4.78, 5) is 15.9. The van der Waals surface area contributed by atoms with E-state index in [4.69, 9.17) is 0 Å². The summed E-state index contributed by atoms with van der Waals surface area (Å²) in [6, 6.07) is 2.35. The van der Waals surface area contributed by atoms with Gasteiger partial charge in [0.2, 0.25) is 0 Å². The molecule has 7 heteroatoms. The topological polar surface area (TPSA) is 62.2 Å². The summed E-state index contributed by atoms with van der Waals surface area (Å²) in [6.07, 6.45) is 4.60. The Hall–Kier alpha value is -1.86. The van der Waals surface area contributed by atoms with Crippen molar-refractivity contribution in [3.05, 3.63) is 34.3 Å². The molecule has 0 aliphatic carbocycles. The van der Waals surface area contributed by atoms with Crippen LogP contribution >= 0.6 is 11.3 Å². The van der Waals surface area contributed by atoms with E-state index in [2.05, 4.69) is 39.0 Å². The van der Waals surface area contributed by atoms with Gasteiger partial charge in [-0.1, -0.05) is 0 Å². The normalized spacial score (nSPS) is 15.9. The van der Waals surface area contributed by atoms with E-state index < -0.39 is 0 Å². The van der Waals surface area contributed by atoms with Crippen LogP contribution in [0.5, 0.6) is 0 Å². The van der Waals surface area contributed by atoms with Crippen LogP contribution in [0, 0.1) is 0 Å². The van der Waals surface area contributed by atoms with Crippen molar-refractivity contribution in [3.63, 3.8) is 0 Å². The van der Waals surface area contributed by atoms with Crippen LogP contribution < -0.4 is 10.6 Å². The zero-order valence-electron chi connectivity index (χ0n) is 13.6. The molecule has 0 radical (unpaired) electrons. The molecule has 23 heavy (non-hydrogen) atoms. The molecule has 6 nitrogen and oxygen atoms in total. The number of aryl methyl sites for hydroxylation is 1. The summed E-state index contributed by atoms with van der Waals surface area (Å²) >= 11 is 1.85. The third kappa shape index (κ3) is 3.92. The number of anilines is 1. The summed E-state index contributed by atoms with van der Waals surface area (Å²) in [5.41, 5.74) is 2.16. The molecule has 1 atom stereocenters. The Morgan fingerprint density at radius 2 is 2.39 bits per heavy atom. The Kier molecular flexibility index (Phi) is 4.97. The average Bonchev–Trinajstić information content (AvgIpc) is 3.20. The van der Waals surface area contributed by atoms with Crippen molar-refractivity contribution in [2.45, 2.75) is 39.4 Å². The fraction of sp³-hybridized carbons (Fsp3) is 0.500. The van der Waals surface area contributed by atoms with Gasteiger partial charge in [0.15, 0.2) is 0 Å². The highest BCUT2D eigenvalue weighted by Crippen LogP contribution is 2.24. The number of carbonyl (C=O) groups excluding carboxylic acids is 1. The molecule has 0 saturated carbocycles. The van der Waals surface area contributed by atoms with E-state index in [1.165, 1.54) is 10.4 Å². The first-order valence-electron chi connectivity index (χ1n) is 8.02. The molecule has 1 aliphatic rings. The number of fused-ring (bicyclic) bond motifs is 1. The van der Waals surface area contributed by atoms with Crippen LogP contribution in [0.2, 0.25) is 0 Å². The van der Waals surface area contributed by atoms with Crippen LogP contribution in [0.25, 0.3) is 0 Å². The molecular formula is C16H23N5OS. The third-order valence-corrected chi connectivity index (χ3v) is 5.26. The molecule has 0 spiro atoms. The van der Waals surface area contributed by atoms with E-state index in [1.807, 2.05) is 24.5 Å². The molecule has 1 unspecified atom stereocenters. The molecule has 1 aliphatic heterocycles. The lowest BCUT2D eigenvalue weighted by molar-refractivity contribution is 0.188. The molecule has 2 amide bonds. The smallest absolute Gasteiger partial charge is 0.319 e. The molecular weight excluding hydrogens is 310 g/mol. The van der Waals surface area contributed by atoms with Crippen molar-refractivity contribution in [3.8, 4) is 0 Å².